The van der Waals surface area contributed by atoms with Gasteiger partial charge in [0.25, 0.3) is 5.91 Å². The van der Waals surface area contributed by atoms with Crippen LogP contribution in [-0.4, -0.2) is 26.1 Å². The van der Waals surface area contributed by atoms with Crippen LogP contribution in [0.15, 0.2) is 54.9 Å². The van der Waals surface area contributed by atoms with Gasteiger partial charge >= 0.3 is 0 Å². The first-order valence-electron chi connectivity index (χ1n) is 7.30. The number of aryl methyl sites for hydroxylation is 2. The Kier molecular flexibility index (Phi) is 4.14. The quantitative estimate of drug-likeness (QED) is 0.804. The maximum absolute atomic E-state index is 12.8. The summed E-state index contributed by atoms with van der Waals surface area (Å²) in [5, 5.41) is 14.2. The molecule has 0 aliphatic heterocycles. The van der Waals surface area contributed by atoms with E-state index in [4.69, 9.17) is 0 Å². The Hall–Kier alpha value is -3.02. The third-order valence-electron chi connectivity index (χ3n) is 3.64. The van der Waals surface area contributed by atoms with Crippen molar-refractivity contribution in [3.63, 3.8) is 0 Å². The molecule has 1 aromatic heterocycles. The van der Waals surface area contributed by atoms with Crippen molar-refractivity contribution in [2.45, 2.75) is 19.9 Å². The van der Waals surface area contributed by atoms with Gasteiger partial charge in [0.05, 0.1) is 0 Å². The molecule has 3 rings (SSSR count). The van der Waals surface area contributed by atoms with Crippen molar-refractivity contribution in [3.05, 3.63) is 71.5 Å². The van der Waals surface area contributed by atoms with Crippen LogP contribution in [0.4, 0.5) is 5.69 Å². The highest BCUT2D eigenvalue weighted by Crippen LogP contribution is 2.22. The number of hydrogen-bond acceptors (Lipinski definition) is 4. The van der Waals surface area contributed by atoms with Gasteiger partial charge in [-0.3, -0.25) is 4.79 Å². The van der Waals surface area contributed by atoms with E-state index in [0.717, 1.165) is 22.4 Å². The summed E-state index contributed by atoms with van der Waals surface area (Å²) in [7, 11) is 0. The van der Waals surface area contributed by atoms with Gasteiger partial charge in [-0.25, -0.2) is 4.68 Å². The number of anilines is 1. The van der Waals surface area contributed by atoms with Crippen molar-refractivity contribution in [2.24, 2.45) is 0 Å². The Morgan fingerprint density at radius 3 is 2.61 bits per heavy atom. The first-order chi connectivity index (χ1) is 11.1. The van der Waals surface area contributed by atoms with E-state index < -0.39 is 6.04 Å². The molecule has 0 saturated carbocycles. The van der Waals surface area contributed by atoms with Gasteiger partial charge in [-0.2, -0.15) is 0 Å². The number of benzene rings is 2. The summed E-state index contributed by atoms with van der Waals surface area (Å²) in [6.45, 7) is 3.95. The zero-order chi connectivity index (χ0) is 16.2. The fourth-order valence-electron chi connectivity index (χ4n) is 2.42. The van der Waals surface area contributed by atoms with E-state index in [-0.39, 0.29) is 5.91 Å². The zero-order valence-electron chi connectivity index (χ0n) is 13.0. The van der Waals surface area contributed by atoms with Crippen molar-refractivity contribution >= 4 is 11.6 Å². The molecule has 1 N–H and O–H groups in total. The number of nitrogens with zero attached hydrogens (tertiary/aromatic N) is 4. The second kappa shape index (κ2) is 6.39. The van der Waals surface area contributed by atoms with Crippen molar-refractivity contribution in [3.8, 4) is 0 Å². The number of carbonyl (C=O) groups is 1. The third kappa shape index (κ3) is 3.26. The number of carbonyl (C=O) groups excluding carboxylic acids is 1. The molecule has 3 aromatic rings. The van der Waals surface area contributed by atoms with Gasteiger partial charge in [-0.05, 0) is 47.0 Å². The second-order valence-corrected chi connectivity index (χ2v) is 5.41. The van der Waals surface area contributed by atoms with Crippen molar-refractivity contribution in [2.75, 3.05) is 5.32 Å². The minimum absolute atomic E-state index is 0.183. The van der Waals surface area contributed by atoms with Crippen molar-refractivity contribution < 1.29 is 4.79 Å². The minimum Gasteiger partial charge on any atom is -0.324 e. The van der Waals surface area contributed by atoms with Crippen LogP contribution in [0.25, 0.3) is 0 Å². The molecule has 0 bridgehead atoms. The molecule has 1 unspecified atom stereocenters. The molecule has 6 heteroatoms. The average Bonchev–Trinajstić information content (AvgIpc) is 3.06. The van der Waals surface area contributed by atoms with E-state index in [1.807, 2.05) is 62.4 Å². The van der Waals surface area contributed by atoms with Crippen LogP contribution in [0.5, 0.6) is 0 Å². The Morgan fingerprint density at radius 2 is 1.91 bits per heavy atom. The smallest absolute Gasteiger partial charge is 0.253 e. The fraction of sp³-hybridized carbons (Fsp3) is 0.176. The van der Waals surface area contributed by atoms with Crippen LogP contribution in [-0.2, 0) is 4.79 Å². The van der Waals surface area contributed by atoms with Gasteiger partial charge in [-0.15, -0.1) is 5.10 Å². The highest BCUT2D eigenvalue weighted by molar-refractivity contribution is 5.96. The lowest BCUT2D eigenvalue weighted by Gasteiger charge is -2.17. The van der Waals surface area contributed by atoms with Crippen LogP contribution in [0.1, 0.15) is 22.7 Å². The van der Waals surface area contributed by atoms with Crippen LogP contribution >= 0.6 is 0 Å². The number of amides is 1. The first kappa shape index (κ1) is 14.9. The summed E-state index contributed by atoms with van der Waals surface area (Å²) in [6, 6.07) is 14.8. The maximum atomic E-state index is 12.8. The monoisotopic (exact) mass is 307 g/mol. The van der Waals surface area contributed by atoms with Gasteiger partial charge < -0.3 is 5.32 Å². The molecule has 1 heterocycles. The number of hydrogen-bond donors (Lipinski definition) is 1. The molecule has 23 heavy (non-hydrogen) atoms. The Morgan fingerprint density at radius 1 is 1.13 bits per heavy atom. The molecule has 1 atom stereocenters. The fourth-order valence-corrected chi connectivity index (χ4v) is 2.42. The van der Waals surface area contributed by atoms with Crippen LogP contribution in [0.3, 0.4) is 0 Å². The summed E-state index contributed by atoms with van der Waals surface area (Å²) >= 11 is 0. The van der Waals surface area contributed by atoms with E-state index in [0.29, 0.717) is 0 Å². The minimum atomic E-state index is -0.619. The predicted molar refractivity (Wildman–Crippen MR) is 86.9 cm³/mol. The van der Waals surface area contributed by atoms with Gasteiger partial charge in [0.2, 0.25) is 0 Å². The topological polar surface area (TPSA) is 72.7 Å². The zero-order valence-corrected chi connectivity index (χ0v) is 13.0. The highest BCUT2D eigenvalue weighted by Gasteiger charge is 2.24. The van der Waals surface area contributed by atoms with E-state index in [2.05, 4.69) is 20.8 Å². The summed E-state index contributed by atoms with van der Waals surface area (Å²) in [4.78, 5) is 12.8. The molecule has 0 fully saturated rings. The number of tetrazole rings is 1. The highest BCUT2D eigenvalue weighted by atomic mass is 16.2. The SMILES string of the molecule is Cc1ccc(C)c(NC(=O)C(c2ccccc2)n2cnnn2)c1. The number of nitrogens with one attached hydrogen (secondary N) is 1. The van der Waals surface area contributed by atoms with Crippen LogP contribution in [0.2, 0.25) is 0 Å². The molecule has 116 valence electrons. The van der Waals surface area contributed by atoms with Gasteiger partial charge in [0.1, 0.15) is 6.33 Å². The van der Waals surface area contributed by atoms with Crippen LogP contribution < -0.4 is 5.32 Å². The molecule has 2 aromatic carbocycles. The van der Waals surface area contributed by atoms with E-state index in [1.165, 1.54) is 11.0 Å². The molecule has 6 nitrogen and oxygen atoms in total. The molecule has 0 radical (unpaired) electrons. The van der Waals surface area contributed by atoms with Gasteiger partial charge in [0, 0.05) is 5.69 Å². The van der Waals surface area contributed by atoms with Crippen LogP contribution in [0, 0.1) is 13.8 Å². The average molecular weight is 307 g/mol. The first-order valence-corrected chi connectivity index (χ1v) is 7.30. The van der Waals surface area contributed by atoms with Crippen molar-refractivity contribution in [1.82, 2.24) is 20.2 Å². The van der Waals surface area contributed by atoms with Gasteiger partial charge in [0.15, 0.2) is 6.04 Å². The van der Waals surface area contributed by atoms with E-state index in [9.17, 15) is 4.79 Å². The molecule has 1 amide bonds. The summed E-state index contributed by atoms with van der Waals surface area (Å²) in [5.74, 6) is -0.183. The Bertz CT molecular complexity index is 799. The number of rotatable bonds is 4. The normalized spacial score (nSPS) is 11.9. The largest absolute Gasteiger partial charge is 0.324 e. The number of aromatic nitrogens is 4. The third-order valence-corrected chi connectivity index (χ3v) is 3.64. The molecule has 0 saturated heterocycles. The maximum Gasteiger partial charge on any atom is 0.253 e. The summed E-state index contributed by atoms with van der Waals surface area (Å²) in [5.41, 5.74) is 3.71. The predicted octanol–water partition coefficient (Wildman–Crippen LogP) is 2.52. The van der Waals surface area contributed by atoms with Gasteiger partial charge in [-0.1, -0.05) is 42.5 Å². The lowest BCUT2D eigenvalue weighted by atomic mass is 10.1. The standard InChI is InChI=1S/C17H17N5O/c1-12-8-9-13(2)15(10-12)19-17(23)16(22-11-18-20-21-22)14-6-4-3-5-7-14/h3-11,16H,1-2H3,(H,19,23). The molecular formula is C17H17N5O. The van der Waals surface area contributed by atoms with E-state index >= 15 is 0 Å². The van der Waals surface area contributed by atoms with Crippen molar-refractivity contribution in [1.29, 1.82) is 0 Å². The molecular weight excluding hydrogens is 290 g/mol. The molecule has 0 aliphatic carbocycles. The van der Waals surface area contributed by atoms with E-state index in [1.54, 1.807) is 0 Å². The Balaban J connectivity index is 1.94. The lowest BCUT2D eigenvalue weighted by Crippen LogP contribution is -2.27. The summed E-state index contributed by atoms with van der Waals surface area (Å²) in [6.07, 6.45) is 1.44. The molecule has 0 aliphatic rings. The second-order valence-electron chi connectivity index (χ2n) is 5.41. The molecule has 0 spiro atoms. The lowest BCUT2D eigenvalue weighted by molar-refractivity contribution is -0.118. The summed E-state index contributed by atoms with van der Waals surface area (Å²) < 4.78 is 1.45. The Labute approximate surface area is 134 Å².